The van der Waals surface area contributed by atoms with Crippen LogP contribution in [0.15, 0.2) is 0 Å². The van der Waals surface area contributed by atoms with E-state index in [0.29, 0.717) is 26.2 Å². The Bertz CT molecular complexity index is 182. The summed E-state index contributed by atoms with van der Waals surface area (Å²) in [5.74, 6) is -0.0926. The highest BCUT2D eigenvalue weighted by molar-refractivity contribution is 5.72. The van der Waals surface area contributed by atoms with Gasteiger partial charge in [-0.25, -0.2) is 5.11 Å². The average molecular weight is 245 g/mol. The molecule has 0 fully saturated rings. The first-order valence-electron chi connectivity index (χ1n) is 6.58. The second-order valence-corrected chi connectivity index (χ2v) is 4.08. The monoisotopic (exact) mass is 245 g/mol. The molecule has 0 aromatic heterocycles. The zero-order valence-corrected chi connectivity index (χ0v) is 11.1. The molecule has 101 valence electrons. The third kappa shape index (κ3) is 9.12. The minimum Gasteiger partial charge on any atom is -0.463 e. The minimum absolute atomic E-state index is 0.0246. The lowest BCUT2D eigenvalue weighted by atomic mass is 10.00. The van der Waals surface area contributed by atoms with Crippen molar-refractivity contribution in [2.45, 2.75) is 46.0 Å². The van der Waals surface area contributed by atoms with Crippen LogP contribution in [0.1, 0.15) is 46.0 Å². The molecule has 0 aliphatic carbocycles. The van der Waals surface area contributed by atoms with Gasteiger partial charge >= 0.3 is 5.97 Å². The lowest BCUT2D eigenvalue weighted by Gasteiger charge is -2.13. The largest absolute Gasteiger partial charge is 0.463 e. The first kappa shape index (κ1) is 16.4. The van der Waals surface area contributed by atoms with Gasteiger partial charge in [0.2, 0.25) is 0 Å². The van der Waals surface area contributed by atoms with Gasteiger partial charge in [-0.3, -0.25) is 4.79 Å². The summed E-state index contributed by atoms with van der Waals surface area (Å²) >= 11 is 0. The zero-order valence-electron chi connectivity index (χ0n) is 11.1. The lowest BCUT2D eigenvalue weighted by Crippen LogP contribution is -2.19. The van der Waals surface area contributed by atoms with E-state index in [1.807, 2.05) is 6.92 Å². The van der Waals surface area contributed by atoms with Crippen LogP contribution in [-0.4, -0.2) is 32.4 Å². The van der Waals surface area contributed by atoms with Crippen LogP contribution in [0.4, 0.5) is 0 Å². The summed E-state index contributed by atoms with van der Waals surface area (Å²) in [4.78, 5) is 11.6. The Morgan fingerprint density at radius 3 is 2.47 bits per heavy atom. The van der Waals surface area contributed by atoms with Crippen molar-refractivity contribution in [2.75, 3.05) is 26.4 Å². The molecule has 0 heterocycles. The van der Waals surface area contributed by atoms with E-state index in [4.69, 9.17) is 9.47 Å². The van der Waals surface area contributed by atoms with Gasteiger partial charge < -0.3 is 9.47 Å². The van der Waals surface area contributed by atoms with Gasteiger partial charge in [0.15, 0.2) is 0 Å². The number of esters is 1. The van der Waals surface area contributed by atoms with Crippen molar-refractivity contribution in [3.05, 3.63) is 0 Å². The smallest absolute Gasteiger partial charge is 0.308 e. The fourth-order valence-corrected chi connectivity index (χ4v) is 1.52. The molecule has 0 spiro atoms. The van der Waals surface area contributed by atoms with Gasteiger partial charge in [-0.2, -0.15) is 0 Å². The molecule has 0 aromatic rings. The highest BCUT2D eigenvalue weighted by Gasteiger charge is 2.16. The topological polar surface area (TPSA) is 55.4 Å². The second kappa shape index (κ2) is 11.9. The molecule has 1 atom stereocenters. The molecule has 0 saturated heterocycles. The van der Waals surface area contributed by atoms with Crippen LogP contribution in [0.5, 0.6) is 0 Å². The first-order valence-corrected chi connectivity index (χ1v) is 6.58. The van der Waals surface area contributed by atoms with Crippen LogP contribution in [0.3, 0.4) is 0 Å². The van der Waals surface area contributed by atoms with Crippen molar-refractivity contribution in [1.29, 1.82) is 0 Å². The molecule has 0 rings (SSSR count). The van der Waals surface area contributed by atoms with Crippen molar-refractivity contribution in [3.8, 4) is 0 Å². The lowest BCUT2D eigenvalue weighted by molar-refractivity contribution is -0.150. The fraction of sp³-hybridized carbons (Fsp3) is 0.923. The van der Waals surface area contributed by atoms with Crippen molar-refractivity contribution in [3.63, 3.8) is 0 Å². The van der Waals surface area contributed by atoms with Crippen LogP contribution in [0, 0.1) is 5.92 Å². The zero-order chi connectivity index (χ0) is 12.9. The fourth-order valence-electron chi connectivity index (χ4n) is 1.52. The van der Waals surface area contributed by atoms with Gasteiger partial charge in [0, 0.05) is 6.61 Å². The summed E-state index contributed by atoms with van der Waals surface area (Å²) in [7, 11) is 0. The van der Waals surface area contributed by atoms with E-state index in [2.05, 4.69) is 6.92 Å². The van der Waals surface area contributed by atoms with Gasteiger partial charge in [0.1, 0.15) is 6.61 Å². The summed E-state index contributed by atoms with van der Waals surface area (Å²) < 4.78 is 10.3. The minimum atomic E-state index is -0.117. The maximum atomic E-state index is 11.6. The molecule has 0 N–H and O–H groups in total. The molecule has 4 nitrogen and oxygen atoms in total. The van der Waals surface area contributed by atoms with Crippen molar-refractivity contribution in [2.24, 2.45) is 5.92 Å². The van der Waals surface area contributed by atoms with Gasteiger partial charge in [0.25, 0.3) is 0 Å². The molecule has 0 aromatic carbocycles. The Labute approximate surface area is 104 Å². The Balaban J connectivity index is 3.54. The van der Waals surface area contributed by atoms with Crippen LogP contribution in [0.25, 0.3) is 0 Å². The highest BCUT2D eigenvalue weighted by Crippen LogP contribution is 2.14. The van der Waals surface area contributed by atoms with E-state index in [9.17, 15) is 9.90 Å². The third-order valence-electron chi connectivity index (χ3n) is 2.64. The SMILES string of the molecule is CCCCC(CC)C(=O)OCCOCCC[O]. The van der Waals surface area contributed by atoms with Gasteiger partial charge in [-0.15, -0.1) is 0 Å². The molecule has 0 aliphatic heterocycles. The quantitative estimate of drug-likeness (QED) is 0.415. The van der Waals surface area contributed by atoms with Gasteiger partial charge in [-0.05, 0) is 19.3 Å². The number of carbonyl (C=O) groups is 1. The van der Waals surface area contributed by atoms with E-state index < -0.39 is 0 Å². The van der Waals surface area contributed by atoms with E-state index in [-0.39, 0.29) is 18.5 Å². The Morgan fingerprint density at radius 1 is 1.12 bits per heavy atom. The van der Waals surface area contributed by atoms with Crippen molar-refractivity contribution in [1.82, 2.24) is 0 Å². The number of unbranched alkanes of at least 4 members (excludes halogenated alkanes) is 1. The molecular formula is C13H25O4. The summed E-state index contributed by atoms with van der Waals surface area (Å²) in [6, 6.07) is 0. The number of hydrogen-bond donors (Lipinski definition) is 0. The van der Waals surface area contributed by atoms with E-state index in [1.54, 1.807) is 0 Å². The molecule has 4 heteroatoms. The molecule has 0 bridgehead atoms. The van der Waals surface area contributed by atoms with Gasteiger partial charge in [0.05, 0.1) is 19.1 Å². The molecule has 1 radical (unpaired) electrons. The maximum absolute atomic E-state index is 11.6. The van der Waals surface area contributed by atoms with Crippen molar-refractivity contribution >= 4 is 5.97 Å². The Hall–Kier alpha value is -0.610. The molecular weight excluding hydrogens is 220 g/mol. The molecule has 0 aliphatic rings. The normalized spacial score (nSPS) is 12.4. The number of ether oxygens (including phenoxy) is 2. The van der Waals surface area contributed by atoms with E-state index in [0.717, 1.165) is 25.7 Å². The molecule has 0 amide bonds. The van der Waals surface area contributed by atoms with Crippen LogP contribution in [0.2, 0.25) is 0 Å². The van der Waals surface area contributed by atoms with Gasteiger partial charge in [-0.1, -0.05) is 26.7 Å². The number of hydrogen-bond acceptors (Lipinski definition) is 3. The third-order valence-corrected chi connectivity index (χ3v) is 2.64. The van der Waals surface area contributed by atoms with E-state index in [1.165, 1.54) is 0 Å². The predicted octanol–water partition coefficient (Wildman–Crippen LogP) is 2.58. The Kier molecular flexibility index (Phi) is 11.4. The number of carbonyl (C=O) groups excluding carboxylic acids is 1. The molecule has 1 unspecified atom stereocenters. The Morgan fingerprint density at radius 2 is 1.88 bits per heavy atom. The van der Waals surface area contributed by atoms with E-state index >= 15 is 0 Å². The summed E-state index contributed by atoms with van der Waals surface area (Å²) in [6.07, 6.45) is 4.41. The molecule has 17 heavy (non-hydrogen) atoms. The summed E-state index contributed by atoms with van der Waals surface area (Å²) in [6.45, 7) is 5.13. The number of rotatable bonds is 11. The van der Waals surface area contributed by atoms with Crippen LogP contribution >= 0.6 is 0 Å². The predicted molar refractivity (Wildman–Crippen MR) is 65.3 cm³/mol. The standard InChI is InChI=1S/C13H25O4/c1-3-5-7-12(4-2)13(15)17-11-10-16-9-6-8-14/h12H,3-11H2,1-2H3. The summed E-state index contributed by atoms with van der Waals surface area (Å²) in [5, 5.41) is 10.1. The first-order chi connectivity index (χ1) is 8.26. The van der Waals surface area contributed by atoms with Crippen LogP contribution in [-0.2, 0) is 19.4 Å². The summed E-state index contributed by atoms with van der Waals surface area (Å²) in [5.41, 5.74) is 0. The maximum Gasteiger partial charge on any atom is 0.308 e. The second-order valence-electron chi connectivity index (χ2n) is 4.08. The molecule has 0 saturated carbocycles. The van der Waals surface area contributed by atoms with Crippen molar-refractivity contribution < 1.29 is 19.4 Å². The van der Waals surface area contributed by atoms with Crippen LogP contribution < -0.4 is 0 Å². The highest BCUT2D eigenvalue weighted by atomic mass is 16.6. The average Bonchev–Trinajstić information content (AvgIpc) is 2.34.